The molecule has 188 valence electrons. The number of aryl methyl sites for hydroxylation is 3. The highest BCUT2D eigenvalue weighted by molar-refractivity contribution is 5.80. The number of hydrogen-bond acceptors (Lipinski definition) is 6. The molecule has 10 nitrogen and oxygen atoms in total. The number of aromatic amines is 2. The van der Waals surface area contributed by atoms with E-state index in [9.17, 15) is 9.59 Å². The lowest BCUT2D eigenvalue weighted by molar-refractivity contribution is 0.666. The molecule has 6 rings (SSSR count). The van der Waals surface area contributed by atoms with Crippen LogP contribution in [0.5, 0.6) is 0 Å². The second-order valence-electron chi connectivity index (χ2n) is 9.06. The highest BCUT2D eigenvalue weighted by atomic mass is 16.2. The van der Waals surface area contributed by atoms with Crippen molar-refractivity contribution in [1.82, 2.24) is 39.7 Å². The highest BCUT2D eigenvalue weighted by Crippen LogP contribution is 2.30. The summed E-state index contributed by atoms with van der Waals surface area (Å²) in [4.78, 5) is 32.7. The van der Waals surface area contributed by atoms with E-state index >= 15 is 0 Å². The molecule has 6 aromatic rings. The second kappa shape index (κ2) is 9.74. The summed E-state index contributed by atoms with van der Waals surface area (Å²) >= 11 is 0. The Labute approximate surface area is 216 Å². The van der Waals surface area contributed by atoms with E-state index < -0.39 is 11.2 Å². The Morgan fingerprint density at radius 3 is 2.29 bits per heavy atom. The number of tetrazole rings is 1. The molecule has 0 saturated heterocycles. The molecule has 3 aromatic carbocycles. The molecule has 0 fully saturated rings. The van der Waals surface area contributed by atoms with Crippen LogP contribution in [0, 0.1) is 6.92 Å². The molecule has 0 unspecified atom stereocenters. The van der Waals surface area contributed by atoms with Gasteiger partial charge in [-0.25, -0.2) is 14.9 Å². The number of imidazole rings is 1. The lowest BCUT2D eigenvalue weighted by atomic mass is 9.98. The Bertz CT molecular complexity index is 1830. The van der Waals surface area contributed by atoms with Gasteiger partial charge in [0.25, 0.3) is 5.56 Å². The zero-order valence-corrected chi connectivity index (χ0v) is 20.6. The first kappa shape index (κ1) is 23.3. The van der Waals surface area contributed by atoms with Crippen molar-refractivity contribution >= 4 is 11.2 Å². The van der Waals surface area contributed by atoms with E-state index in [0.717, 1.165) is 27.8 Å². The molecule has 0 spiro atoms. The maximum Gasteiger partial charge on any atom is 0.330 e. The third kappa shape index (κ3) is 4.32. The van der Waals surface area contributed by atoms with Crippen molar-refractivity contribution in [1.29, 1.82) is 0 Å². The van der Waals surface area contributed by atoms with Gasteiger partial charge in [0.05, 0.1) is 0 Å². The average molecular weight is 505 g/mol. The van der Waals surface area contributed by atoms with Crippen molar-refractivity contribution in [2.45, 2.75) is 26.4 Å². The Morgan fingerprint density at radius 1 is 0.816 bits per heavy atom. The number of hydrogen-bond donors (Lipinski definition) is 2. The summed E-state index contributed by atoms with van der Waals surface area (Å²) in [7, 11) is 0. The van der Waals surface area contributed by atoms with Gasteiger partial charge in [-0.15, -0.1) is 5.10 Å². The molecule has 0 aliphatic heterocycles. The van der Waals surface area contributed by atoms with Crippen LogP contribution in [0.1, 0.15) is 17.0 Å². The molecular formula is C28H24N8O2. The van der Waals surface area contributed by atoms with Crippen LogP contribution in [-0.4, -0.2) is 39.7 Å². The minimum absolute atomic E-state index is 0.391. The van der Waals surface area contributed by atoms with Gasteiger partial charge in [0, 0.05) is 18.7 Å². The van der Waals surface area contributed by atoms with Crippen LogP contribution in [0.2, 0.25) is 0 Å². The zero-order valence-electron chi connectivity index (χ0n) is 20.6. The lowest BCUT2D eigenvalue weighted by Crippen LogP contribution is -2.31. The number of nitrogens with one attached hydrogen (secondary N) is 2. The van der Waals surface area contributed by atoms with Gasteiger partial charge in [-0.2, -0.15) is 0 Å². The van der Waals surface area contributed by atoms with Crippen molar-refractivity contribution in [3.8, 4) is 22.5 Å². The zero-order chi connectivity index (χ0) is 26.1. The number of fused-ring (bicyclic) bond motifs is 1. The quantitative estimate of drug-likeness (QED) is 0.343. The van der Waals surface area contributed by atoms with Crippen molar-refractivity contribution < 1.29 is 0 Å². The molecule has 0 bridgehead atoms. The molecule has 2 N–H and O–H groups in total. The van der Waals surface area contributed by atoms with Gasteiger partial charge in [-0.05, 0) is 46.0 Å². The summed E-state index contributed by atoms with van der Waals surface area (Å²) in [5, 5.41) is 14.2. The van der Waals surface area contributed by atoms with Crippen molar-refractivity contribution in [2.75, 3.05) is 0 Å². The van der Waals surface area contributed by atoms with Crippen LogP contribution in [-0.2, 0) is 19.5 Å². The first-order chi connectivity index (χ1) is 18.6. The monoisotopic (exact) mass is 504 g/mol. The van der Waals surface area contributed by atoms with Gasteiger partial charge in [-0.3, -0.25) is 14.3 Å². The van der Waals surface area contributed by atoms with Gasteiger partial charge in [0.15, 0.2) is 17.0 Å². The van der Waals surface area contributed by atoms with Crippen LogP contribution < -0.4 is 11.2 Å². The Balaban J connectivity index is 1.32. The van der Waals surface area contributed by atoms with Gasteiger partial charge in [0.2, 0.25) is 0 Å². The third-order valence-electron chi connectivity index (χ3n) is 6.68. The summed E-state index contributed by atoms with van der Waals surface area (Å²) in [6, 6.07) is 25.9. The average Bonchev–Trinajstić information content (AvgIpc) is 3.58. The molecule has 0 saturated carbocycles. The minimum Gasteiger partial charge on any atom is -0.318 e. The summed E-state index contributed by atoms with van der Waals surface area (Å²) in [5.74, 6) is 1.26. The first-order valence-corrected chi connectivity index (χ1v) is 12.2. The summed E-state index contributed by atoms with van der Waals surface area (Å²) in [5.41, 5.74) is 4.93. The van der Waals surface area contributed by atoms with Crippen molar-refractivity contribution in [3.63, 3.8) is 0 Å². The normalized spacial score (nSPS) is 11.3. The Hall–Kier alpha value is -5.12. The van der Waals surface area contributed by atoms with Crippen LogP contribution in [0.4, 0.5) is 0 Å². The Morgan fingerprint density at radius 2 is 1.55 bits per heavy atom. The molecule has 10 heteroatoms. The summed E-state index contributed by atoms with van der Waals surface area (Å²) in [6.07, 6.45) is 0.654. The number of H-pyrrole nitrogens is 2. The van der Waals surface area contributed by atoms with Crippen LogP contribution in [0.25, 0.3) is 33.7 Å². The largest absolute Gasteiger partial charge is 0.330 e. The van der Waals surface area contributed by atoms with E-state index in [4.69, 9.17) is 0 Å². The maximum atomic E-state index is 12.9. The minimum atomic E-state index is -0.451. The second-order valence-corrected chi connectivity index (χ2v) is 9.06. The van der Waals surface area contributed by atoms with E-state index in [1.165, 1.54) is 0 Å². The van der Waals surface area contributed by atoms with E-state index in [1.54, 1.807) is 4.57 Å². The Kier molecular flexibility index (Phi) is 5.97. The van der Waals surface area contributed by atoms with Crippen LogP contribution in [0.15, 0.2) is 88.5 Å². The number of nitrogens with zero attached hydrogens (tertiary/aromatic N) is 6. The maximum absolute atomic E-state index is 12.9. The fourth-order valence-electron chi connectivity index (χ4n) is 4.75. The molecule has 0 aliphatic rings. The van der Waals surface area contributed by atoms with Gasteiger partial charge in [0.1, 0.15) is 5.82 Å². The molecule has 0 atom stereocenters. The molecule has 38 heavy (non-hydrogen) atoms. The molecule has 3 heterocycles. The summed E-state index contributed by atoms with van der Waals surface area (Å²) < 4.78 is 3.40. The predicted octanol–water partition coefficient (Wildman–Crippen LogP) is 3.33. The first-order valence-electron chi connectivity index (χ1n) is 12.2. The standard InChI is InChI=1S/C28H24N8O2/c1-18-29-26-24(27(37)30-28(38)35(26)16-15-19-7-3-2-4-8-19)36(18)17-20-11-13-21(14-12-20)22-9-5-6-10-23(22)25-31-33-34-32-25/h2-14H,15-17H2,1H3,(H,30,37,38)(H,31,32,33,34). The van der Waals surface area contributed by atoms with Crippen LogP contribution >= 0.6 is 0 Å². The molecular weight excluding hydrogens is 480 g/mol. The lowest BCUT2D eigenvalue weighted by Gasteiger charge is -2.10. The predicted molar refractivity (Wildman–Crippen MR) is 144 cm³/mol. The molecule has 0 radical (unpaired) electrons. The molecule has 3 aromatic heterocycles. The highest BCUT2D eigenvalue weighted by Gasteiger charge is 2.17. The topological polar surface area (TPSA) is 127 Å². The number of aromatic nitrogens is 8. The van der Waals surface area contributed by atoms with Gasteiger partial charge in [-0.1, -0.05) is 78.9 Å². The fraction of sp³-hybridized carbons (Fsp3) is 0.143. The van der Waals surface area contributed by atoms with Crippen molar-refractivity contribution in [2.24, 2.45) is 0 Å². The van der Waals surface area contributed by atoms with Gasteiger partial charge < -0.3 is 4.57 Å². The summed E-state index contributed by atoms with van der Waals surface area (Å²) in [6.45, 7) is 2.71. The SMILES string of the molecule is Cc1nc2c(c(=O)[nH]c(=O)n2CCc2ccccc2)n1Cc1ccc(-c2ccccc2-c2nnn[nH]2)cc1. The van der Waals surface area contributed by atoms with Gasteiger partial charge >= 0.3 is 5.69 Å². The number of benzene rings is 3. The van der Waals surface area contributed by atoms with E-state index in [-0.39, 0.29) is 0 Å². The number of rotatable bonds is 7. The molecule has 0 aliphatic carbocycles. The van der Waals surface area contributed by atoms with E-state index in [0.29, 0.717) is 42.3 Å². The van der Waals surface area contributed by atoms with Crippen LogP contribution in [0.3, 0.4) is 0 Å². The smallest absolute Gasteiger partial charge is 0.318 e. The van der Waals surface area contributed by atoms with E-state index in [1.807, 2.05) is 90.4 Å². The fourth-order valence-corrected chi connectivity index (χ4v) is 4.75. The molecule has 0 amide bonds. The van der Waals surface area contributed by atoms with Crippen molar-refractivity contribution in [3.05, 3.63) is 117 Å². The third-order valence-corrected chi connectivity index (χ3v) is 6.68. The van der Waals surface area contributed by atoms with E-state index in [2.05, 4.69) is 30.6 Å².